The lowest BCUT2D eigenvalue weighted by Gasteiger charge is -2.35. The quantitative estimate of drug-likeness (QED) is 0.0970. The number of pyridine rings is 1. The monoisotopic (exact) mass is 1010 g/mol. The fourth-order valence-electron chi connectivity index (χ4n) is 9.98. The number of likely N-dealkylation sites (tertiary alicyclic amines) is 1. The number of nitrogens with one attached hydrogen (secondary N) is 2. The zero-order chi connectivity index (χ0) is 50.5. The molecule has 0 unspecified atom stereocenters. The highest BCUT2D eigenvalue weighted by molar-refractivity contribution is 7.15. The number of fused-ring (bicyclic) bond motifs is 3. The molecule has 1 saturated carbocycles. The van der Waals surface area contributed by atoms with Crippen molar-refractivity contribution in [2.45, 2.75) is 117 Å². The number of amides is 3. The summed E-state index contributed by atoms with van der Waals surface area (Å²) in [5.74, 6) is 1.70. The van der Waals surface area contributed by atoms with Gasteiger partial charge in [0.15, 0.2) is 5.82 Å². The maximum Gasteiger partial charge on any atom is 0.248 e. The molecule has 7 aromatic rings. The van der Waals surface area contributed by atoms with Crippen LogP contribution in [0.1, 0.15) is 109 Å². The number of carbonyl (C=O) groups excluding carboxylic acids is 3. The molecule has 2 fully saturated rings. The topological polar surface area (TPSA) is 200 Å². The lowest BCUT2D eigenvalue weighted by molar-refractivity contribution is -0.142. The van der Waals surface area contributed by atoms with Crippen LogP contribution in [0.4, 0.5) is 0 Å². The summed E-state index contributed by atoms with van der Waals surface area (Å²) in [5.41, 5.74) is 7.25. The Morgan fingerprint density at radius 3 is 2.39 bits per heavy atom. The highest BCUT2D eigenvalue weighted by Crippen LogP contribution is 2.40. The summed E-state index contributed by atoms with van der Waals surface area (Å²) in [4.78, 5) is 58.7. The number of imidazole rings is 1. The molecule has 372 valence electrons. The van der Waals surface area contributed by atoms with Crippen LogP contribution in [-0.4, -0.2) is 103 Å². The van der Waals surface area contributed by atoms with Gasteiger partial charge in [-0.05, 0) is 87.6 Å². The van der Waals surface area contributed by atoms with E-state index < -0.39 is 24.2 Å². The molecule has 3 aliphatic rings. The molecule has 1 aliphatic carbocycles. The van der Waals surface area contributed by atoms with Crippen LogP contribution in [-0.2, 0) is 14.4 Å². The minimum absolute atomic E-state index is 0.0408. The van der Waals surface area contributed by atoms with Gasteiger partial charge >= 0.3 is 0 Å². The van der Waals surface area contributed by atoms with Gasteiger partial charge in [-0.2, -0.15) is 5.10 Å². The number of nitrogens with zero attached hydrogens (tertiary/aromatic N) is 10. The summed E-state index contributed by atoms with van der Waals surface area (Å²) < 4.78 is 12.0. The van der Waals surface area contributed by atoms with Crippen molar-refractivity contribution in [3.63, 3.8) is 0 Å². The number of hydrogen-bond acceptors (Lipinski definition) is 12. The van der Waals surface area contributed by atoms with Gasteiger partial charge in [0.1, 0.15) is 40.9 Å². The van der Waals surface area contributed by atoms with E-state index in [0.29, 0.717) is 29.6 Å². The van der Waals surface area contributed by atoms with Crippen LogP contribution in [0.15, 0.2) is 96.6 Å². The van der Waals surface area contributed by atoms with Gasteiger partial charge in [-0.1, -0.05) is 49.7 Å². The van der Waals surface area contributed by atoms with Crippen molar-refractivity contribution < 1.29 is 24.2 Å². The van der Waals surface area contributed by atoms with E-state index in [1.54, 1.807) is 34.6 Å². The zero-order valence-corrected chi connectivity index (χ0v) is 42.7. The van der Waals surface area contributed by atoms with Crippen LogP contribution in [0.2, 0.25) is 5.02 Å². The van der Waals surface area contributed by atoms with Crippen molar-refractivity contribution in [3.05, 3.63) is 141 Å². The van der Waals surface area contributed by atoms with Crippen LogP contribution < -0.4 is 15.4 Å². The van der Waals surface area contributed by atoms with Crippen LogP contribution >= 0.6 is 22.9 Å². The smallest absolute Gasteiger partial charge is 0.248 e. The molecule has 2 aromatic carbocycles. The Kier molecular flexibility index (Phi) is 13.4. The largest absolute Gasteiger partial charge is 0.474 e. The third-order valence-corrected chi connectivity index (χ3v) is 15.5. The highest BCUT2D eigenvalue weighted by atomic mass is 35.5. The molecule has 5 aromatic heterocycles. The van der Waals surface area contributed by atoms with Crippen LogP contribution in [0.3, 0.4) is 0 Å². The summed E-state index contributed by atoms with van der Waals surface area (Å²) in [7, 11) is 0. The summed E-state index contributed by atoms with van der Waals surface area (Å²) >= 11 is 7.95. The Morgan fingerprint density at radius 1 is 0.903 bits per heavy atom. The SMILES string of the molecule is Cc1sc2c(c1C)C(c1ccc(Cl)cc1)=N[C@@H](CC(=O)N[C@H]1C[C@@H](Oc3cc(-c4cnn([C@@H](C(=O)N5C[C@H](O)C[C@H]5C(=O)N[C@@H](C)c5ccc(-n6ccnc6C)cc5)C(C)C)c4)ccn3)C1)c1nnc(C)n1-2. The number of benzene rings is 2. The van der Waals surface area contributed by atoms with Crippen molar-refractivity contribution in [2.75, 3.05) is 6.54 Å². The number of halogens is 1. The van der Waals surface area contributed by atoms with Gasteiger partial charge in [0.05, 0.1) is 30.5 Å². The van der Waals surface area contributed by atoms with Crippen molar-refractivity contribution >= 4 is 46.4 Å². The first-order chi connectivity index (χ1) is 34.6. The molecule has 3 amide bonds. The van der Waals surface area contributed by atoms with Gasteiger partial charge in [0.25, 0.3) is 0 Å². The van der Waals surface area contributed by atoms with Gasteiger partial charge in [-0.15, -0.1) is 21.5 Å². The van der Waals surface area contributed by atoms with Crippen molar-refractivity contribution in [1.29, 1.82) is 0 Å². The molecule has 0 spiro atoms. The molecular formula is C53H57ClN12O5S. The minimum Gasteiger partial charge on any atom is -0.474 e. The van der Waals surface area contributed by atoms with Gasteiger partial charge in [-0.25, -0.2) is 9.97 Å². The number of rotatable bonds is 14. The first-order valence-corrected chi connectivity index (χ1v) is 25.5. The van der Waals surface area contributed by atoms with E-state index in [4.69, 9.17) is 21.3 Å². The number of thiophene rings is 1. The van der Waals surface area contributed by atoms with Crippen molar-refractivity contribution in [1.82, 2.24) is 54.6 Å². The molecule has 19 heteroatoms. The Hall–Kier alpha value is -7.02. The van der Waals surface area contributed by atoms with Crippen molar-refractivity contribution in [3.8, 4) is 27.7 Å². The van der Waals surface area contributed by atoms with E-state index in [-0.39, 0.29) is 61.2 Å². The predicted molar refractivity (Wildman–Crippen MR) is 274 cm³/mol. The maximum absolute atomic E-state index is 14.4. The average Bonchev–Trinajstić information content (AvgIpc) is 4.19. The third kappa shape index (κ3) is 9.57. The standard InChI is InChI=1S/C53H57ClN12O5S/c1-28(2)49(52(70)64-27-41(67)23-44(64)51(69)58-30(4)34-10-14-40(15-11-34)63-19-18-55-32(63)6)65-26-37(25-57-65)36-16-17-56-46(20-36)71-42-21-39(22-42)59-45(68)24-43-50-62-61-33(7)66(50)53-47(29(3)31(5)72-53)48(60-43)35-8-12-38(54)13-9-35/h8-20,25-26,28,30,39,41-44,49,67H,21-24,27H2,1-7H3,(H,58,69)(H,59,68)/t30-,39-,41+,42+,43-,44-,49+/m0/s1. The van der Waals surface area contributed by atoms with Gasteiger partial charge in [0.2, 0.25) is 23.6 Å². The zero-order valence-electron chi connectivity index (χ0n) is 41.2. The Morgan fingerprint density at radius 2 is 1.67 bits per heavy atom. The van der Waals surface area contributed by atoms with Crippen LogP contribution in [0.25, 0.3) is 21.8 Å². The van der Waals surface area contributed by atoms with Crippen molar-refractivity contribution in [2.24, 2.45) is 10.9 Å². The number of carbonyl (C=O) groups is 3. The molecule has 72 heavy (non-hydrogen) atoms. The van der Waals surface area contributed by atoms with E-state index >= 15 is 0 Å². The third-order valence-electron chi connectivity index (χ3n) is 14.0. The highest BCUT2D eigenvalue weighted by Gasteiger charge is 2.43. The molecule has 0 radical (unpaired) electrons. The minimum atomic E-state index is -0.848. The van der Waals surface area contributed by atoms with E-state index in [1.165, 1.54) is 9.78 Å². The number of aromatic nitrogens is 8. The van der Waals surface area contributed by atoms with Gasteiger partial charge in [-0.3, -0.25) is 28.6 Å². The lowest BCUT2D eigenvalue weighted by atomic mass is 9.89. The number of ether oxygens (including phenoxy) is 1. The second-order valence-electron chi connectivity index (χ2n) is 19.4. The lowest BCUT2D eigenvalue weighted by Crippen LogP contribution is -2.49. The Labute approximate surface area is 426 Å². The molecule has 17 nitrogen and oxygen atoms in total. The number of β-amino-alcohol motifs (C(OH)–C–C–N with tert-alkyl or cyclic N) is 1. The van der Waals surface area contributed by atoms with E-state index in [1.807, 2.05) is 117 Å². The fourth-order valence-corrected chi connectivity index (χ4v) is 11.3. The number of aliphatic hydroxyl groups is 1. The molecule has 7 heterocycles. The fraction of sp³-hybridized carbons (Fsp3) is 0.377. The second kappa shape index (κ2) is 19.9. The molecule has 2 aliphatic heterocycles. The average molecular weight is 1010 g/mol. The van der Waals surface area contributed by atoms with Gasteiger partial charge in [0, 0.05) is 95.0 Å². The Balaban J connectivity index is 0.762. The normalized spacial score (nSPS) is 20.2. The number of aliphatic hydroxyl groups excluding tert-OH is 1. The predicted octanol–water partition coefficient (Wildman–Crippen LogP) is 7.70. The van der Waals surface area contributed by atoms with E-state index in [2.05, 4.69) is 49.7 Å². The molecule has 3 N–H and O–H groups in total. The molecule has 10 rings (SSSR count). The van der Waals surface area contributed by atoms with Crippen LogP contribution in [0.5, 0.6) is 5.88 Å². The first kappa shape index (κ1) is 48.6. The second-order valence-corrected chi connectivity index (χ2v) is 21.1. The maximum atomic E-state index is 14.4. The Bertz CT molecular complexity index is 3190. The first-order valence-electron chi connectivity index (χ1n) is 24.3. The summed E-state index contributed by atoms with van der Waals surface area (Å²) in [5, 5.41) is 32.3. The molecule has 5 atom stereocenters. The molecule has 0 bridgehead atoms. The summed E-state index contributed by atoms with van der Waals surface area (Å²) in [6.45, 7) is 13.9. The number of aliphatic imine (C=N–C) groups is 1. The van der Waals surface area contributed by atoms with E-state index in [9.17, 15) is 19.5 Å². The summed E-state index contributed by atoms with van der Waals surface area (Å²) in [6.07, 6.45) is 9.25. The molecule has 1 saturated heterocycles. The van der Waals surface area contributed by atoms with Crippen LogP contribution in [0, 0.1) is 33.6 Å². The number of hydrogen-bond donors (Lipinski definition) is 3. The van der Waals surface area contributed by atoms with Gasteiger partial charge < -0.3 is 29.9 Å². The molecular weight excluding hydrogens is 952 g/mol. The van der Waals surface area contributed by atoms with E-state index in [0.717, 1.165) is 61.4 Å². The summed E-state index contributed by atoms with van der Waals surface area (Å²) in [6, 6.07) is 16.6. The number of aryl methyl sites for hydroxylation is 3.